The standard InChI is InChI=1S/C24H23N5O2/c1-17-9-10-19(31-23-8-4-5-18-11-12-25-15-21(18)23)16-28(17)24(30)20-6-2-3-7-22(20)29-26-13-14-27-29/h2-8,11-15,17,19H,9-10,16H2,1H3. The van der Waals surface area contributed by atoms with Crippen LogP contribution >= 0.6 is 0 Å². The van der Waals surface area contributed by atoms with Crippen LogP contribution in [-0.2, 0) is 0 Å². The minimum Gasteiger partial charge on any atom is -0.488 e. The summed E-state index contributed by atoms with van der Waals surface area (Å²) in [6.45, 7) is 2.61. The molecule has 1 aliphatic rings. The van der Waals surface area contributed by atoms with Gasteiger partial charge in [-0.1, -0.05) is 24.3 Å². The van der Waals surface area contributed by atoms with Gasteiger partial charge in [0, 0.05) is 23.8 Å². The Hall–Kier alpha value is -3.74. The van der Waals surface area contributed by atoms with Crippen LogP contribution in [0.5, 0.6) is 5.75 Å². The molecule has 1 fully saturated rings. The second kappa shape index (κ2) is 8.18. The summed E-state index contributed by atoms with van der Waals surface area (Å²) in [5, 5.41) is 10.5. The zero-order chi connectivity index (χ0) is 21.2. The number of ether oxygens (including phenoxy) is 1. The number of hydrogen-bond donors (Lipinski definition) is 0. The van der Waals surface area contributed by atoms with Crippen LogP contribution in [0.4, 0.5) is 0 Å². The molecule has 0 N–H and O–H groups in total. The van der Waals surface area contributed by atoms with Gasteiger partial charge in [-0.3, -0.25) is 9.78 Å². The second-order valence-corrected chi connectivity index (χ2v) is 7.81. The number of para-hydroxylation sites is 1. The molecule has 0 radical (unpaired) electrons. The molecular weight excluding hydrogens is 390 g/mol. The van der Waals surface area contributed by atoms with Crippen molar-refractivity contribution in [3.63, 3.8) is 0 Å². The molecule has 156 valence electrons. The van der Waals surface area contributed by atoms with Crippen molar-refractivity contribution < 1.29 is 9.53 Å². The second-order valence-electron chi connectivity index (χ2n) is 7.81. The van der Waals surface area contributed by atoms with E-state index in [1.54, 1.807) is 18.6 Å². The molecule has 2 aromatic carbocycles. The number of pyridine rings is 1. The Bertz CT molecular complexity index is 1200. The topological polar surface area (TPSA) is 73.1 Å². The van der Waals surface area contributed by atoms with Gasteiger partial charge >= 0.3 is 0 Å². The van der Waals surface area contributed by atoms with E-state index in [9.17, 15) is 4.79 Å². The molecule has 4 aromatic rings. The average Bonchev–Trinajstić information content (AvgIpc) is 3.35. The zero-order valence-electron chi connectivity index (χ0n) is 17.3. The number of carbonyl (C=O) groups is 1. The summed E-state index contributed by atoms with van der Waals surface area (Å²) < 4.78 is 6.37. The van der Waals surface area contributed by atoms with Crippen molar-refractivity contribution in [2.24, 2.45) is 0 Å². The number of fused-ring (bicyclic) bond motifs is 1. The van der Waals surface area contributed by atoms with Crippen molar-refractivity contribution in [3.05, 3.63) is 78.9 Å². The molecule has 0 spiro atoms. The highest BCUT2D eigenvalue weighted by Gasteiger charge is 2.32. The maximum absolute atomic E-state index is 13.5. The average molecular weight is 413 g/mol. The highest BCUT2D eigenvalue weighted by atomic mass is 16.5. The SMILES string of the molecule is CC1CCC(Oc2cccc3ccncc23)CN1C(=O)c1ccccc1-n1nccn1. The molecule has 0 saturated carbocycles. The van der Waals surface area contributed by atoms with Crippen LogP contribution in [0.25, 0.3) is 16.5 Å². The predicted octanol–water partition coefficient (Wildman–Crippen LogP) is 3.89. The van der Waals surface area contributed by atoms with E-state index in [4.69, 9.17) is 4.74 Å². The van der Waals surface area contributed by atoms with E-state index in [1.165, 1.54) is 4.80 Å². The minimum absolute atomic E-state index is 0.0340. The molecule has 0 aliphatic carbocycles. The van der Waals surface area contributed by atoms with Crippen LogP contribution in [-0.4, -0.2) is 49.5 Å². The van der Waals surface area contributed by atoms with Crippen LogP contribution in [0.2, 0.25) is 0 Å². The Labute approximate surface area is 180 Å². The number of likely N-dealkylation sites (tertiary alicyclic amines) is 1. The fraction of sp³-hybridized carbons (Fsp3) is 0.250. The summed E-state index contributed by atoms with van der Waals surface area (Å²) in [5.74, 6) is 0.770. The zero-order valence-corrected chi connectivity index (χ0v) is 17.3. The molecule has 2 unspecified atom stereocenters. The molecule has 2 aromatic heterocycles. The van der Waals surface area contributed by atoms with Crippen molar-refractivity contribution >= 4 is 16.7 Å². The quantitative estimate of drug-likeness (QED) is 0.508. The Morgan fingerprint density at radius 3 is 2.71 bits per heavy atom. The normalized spacial score (nSPS) is 18.8. The van der Waals surface area contributed by atoms with E-state index in [0.29, 0.717) is 17.8 Å². The fourth-order valence-electron chi connectivity index (χ4n) is 4.14. The van der Waals surface area contributed by atoms with Crippen LogP contribution < -0.4 is 4.74 Å². The van der Waals surface area contributed by atoms with Gasteiger partial charge in [-0.15, -0.1) is 0 Å². The van der Waals surface area contributed by atoms with Gasteiger partial charge in [0.15, 0.2) is 0 Å². The molecule has 2 atom stereocenters. The lowest BCUT2D eigenvalue weighted by molar-refractivity contribution is 0.0388. The maximum atomic E-state index is 13.5. The number of piperidine rings is 1. The largest absolute Gasteiger partial charge is 0.488 e. The number of benzene rings is 2. The van der Waals surface area contributed by atoms with Gasteiger partial charge in [-0.25, -0.2) is 0 Å². The third-order valence-electron chi connectivity index (χ3n) is 5.81. The molecule has 1 amide bonds. The summed E-state index contributed by atoms with van der Waals surface area (Å²) in [7, 11) is 0. The first-order valence-corrected chi connectivity index (χ1v) is 10.5. The molecule has 3 heterocycles. The summed E-state index contributed by atoms with van der Waals surface area (Å²) >= 11 is 0. The Balaban J connectivity index is 1.40. The molecule has 7 nitrogen and oxygen atoms in total. The monoisotopic (exact) mass is 413 g/mol. The van der Waals surface area contributed by atoms with Gasteiger partial charge in [-0.05, 0) is 49.4 Å². The molecule has 5 rings (SSSR count). The van der Waals surface area contributed by atoms with Crippen LogP contribution in [0.3, 0.4) is 0 Å². The Morgan fingerprint density at radius 1 is 1.00 bits per heavy atom. The lowest BCUT2D eigenvalue weighted by Gasteiger charge is -2.38. The Morgan fingerprint density at radius 2 is 1.84 bits per heavy atom. The maximum Gasteiger partial charge on any atom is 0.256 e. The molecule has 1 saturated heterocycles. The summed E-state index contributed by atoms with van der Waals surface area (Å²) in [6.07, 6.45) is 8.50. The first-order valence-electron chi connectivity index (χ1n) is 10.5. The van der Waals surface area contributed by atoms with E-state index >= 15 is 0 Å². The van der Waals surface area contributed by atoms with Gasteiger partial charge in [0.05, 0.1) is 30.2 Å². The number of nitrogens with zero attached hydrogens (tertiary/aromatic N) is 5. The molecular formula is C24H23N5O2. The number of aromatic nitrogens is 4. The van der Waals surface area contributed by atoms with E-state index in [1.807, 2.05) is 59.6 Å². The van der Waals surface area contributed by atoms with Crippen molar-refractivity contribution in [1.29, 1.82) is 0 Å². The smallest absolute Gasteiger partial charge is 0.256 e. The molecule has 0 bridgehead atoms. The Kier molecular flexibility index (Phi) is 5.08. The summed E-state index contributed by atoms with van der Waals surface area (Å²) in [5.41, 5.74) is 1.26. The van der Waals surface area contributed by atoms with Crippen molar-refractivity contribution in [3.8, 4) is 11.4 Å². The lowest BCUT2D eigenvalue weighted by atomic mass is 9.99. The number of hydrogen-bond acceptors (Lipinski definition) is 5. The van der Waals surface area contributed by atoms with Gasteiger partial charge in [0.25, 0.3) is 5.91 Å². The first-order chi connectivity index (χ1) is 15.2. The van der Waals surface area contributed by atoms with Crippen molar-refractivity contribution in [2.45, 2.75) is 31.9 Å². The van der Waals surface area contributed by atoms with E-state index in [-0.39, 0.29) is 18.1 Å². The minimum atomic E-state index is -0.0825. The fourth-order valence-corrected chi connectivity index (χ4v) is 4.14. The van der Waals surface area contributed by atoms with Gasteiger partial charge in [0.1, 0.15) is 11.9 Å². The number of amides is 1. The van der Waals surface area contributed by atoms with Gasteiger partial charge in [0.2, 0.25) is 0 Å². The first kappa shape index (κ1) is 19.2. The van der Waals surface area contributed by atoms with E-state index < -0.39 is 0 Å². The van der Waals surface area contributed by atoms with Crippen molar-refractivity contribution in [1.82, 2.24) is 24.9 Å². The lowest BCUT2D eigenvalue weighted by Crippen LogP contribution is -2.49. The van der Waals surface area contributed by atoms with Crippen LogP contribution in [0, 0.1) is 0 Å². The predicted molar refractivity (Wildman–Crippen MR) is 117 cm³/mol. The highest BCUT2D eigenvalue weighted by Crippen LogP contribution is 2.29. The third-order valence-corrected chi connectivity index (χ3v) is 5.81. The molecule has 1 aliphatic heterocycles. The van der Waals surface area contributed by atoms with Crippen molar-refractivity contribution in [2.75, 3.05) is 6.54 Å². The van der Waals surface area contributed by atoms with Gasteiger partial charge < -0.3 is 9.64 Å². The van der Waals surface area contributed by atoms with Gasteiger partial charge in [-0.2, -0.15) is 15.0 Å². The number of carbonyl (C=O) groups excluding carboxylic acids is 1. The molecule has 31 heavy (non-hydrogen) atoms. The number of rotatable bonds is 4. The summed E-state index contributed by atoms with van der Waals surface area (Å²) in [6, 6.07) is 15.5. The van der Waals surface area contributed by atoms with E-state index in [2.05, 4.69) is 22.1 Å². The highest BCUT2D eigenvalue weighted by molar-refractivity contribution is 5.98. The van der Waals surface area contributed by atoms with Crippen LogP contribution in [0.1, 0.15) is 30.1 Å². The van der Waals surface area contributed by atoms with E-state index in [0.717, 1.165) is 29.4 Å². The third kappa shape index (κ3) is 3.74. The van der Waals surface area contributed by atoms with Crippen LogP contribution in [0.15, 0.2) is 73.3 Å². The summed E-state index contributed by atoms with van der Waals surface area (Å²) in [4.78, 5) is 21.2. The molecule has 7 heteroatoms.